The molecule has 1 aromatic heterocycles. The normalized spacial score (nSPS) is 15.9. The van der Waals surface area contributed by atoms with Crippen molar-refractivity contribution in [2.75, 3.05) is 4.90 Å². The van der Waals surface area contributed by atoms with Gasteiger partial charge in [-0.25, -0.2) is 9.18 Å². The number of nitrogens with one attached hydrogen (secondary N) is 1. The third kappa shape index (κ3) is 4.28. The van der Waals surface area contributed by atoms with Gasteiger partial charge in [0, 0.05) is 11.3 Å². The minimum absolute atomic E-state index is 0.297. The van der Waals surface area contributed by atoms with Gasteiger partial charge >= 0.3 is 6.03 Å². The summed E-state index contributed by atoms with van der Waals surface area (Å²) in [5, 5.41) is 7.28. The predicted molar refractivity (Wildman–Crippen MR) is 138 cm³/mol. The maximum atomic E-state index is 14.4. The number of anilines is 1. The smallest absolute Gasteiger partial charge is 0.327 e. The van der Waals surface area contributed by atoms with Crippen LogP contribution in [0.5, 0.6) is 0 Å². The third-order valence-corrected chi connectivity index (χ3v) is 6.59. The fraction of sp³-hybridized carbons (Fsp3) is 0.207. The Morgan fingerprint density at radius 2 is 1.72 bits per heavy atom. The van der Waals surface area contributed by atoms with Gasteiger partial charge in [-0.05, 0) is 56.0 Å². The van der Waals surface area contributed by atoms with Crippen molar-refractivity contribution >= 4 is 17.3 Å². The molecule has 3 aromatic carbocycles. The van der Waals surface area contributed by atoms with E-state index < -0.39 is 6.04 Å². The fourth-order valence-corrected chi connectivity index (χ4v) is 4.40. The number of rotatable bonds is 5. The molecule has 0 bridgehead atoms. The topological polar surface area (TPSA) is 71.3 Å². The van der Waals surface area contributed by atoms with Crippen molar-refractivity contribution in [1.29, 1.82) is 0 Å². The van der Waals surface area contributed by atoms with Crippen molar-refractivity contribution in [3.63, 3.8) is 0 Å². The van der Waals surface area contributed by atoms with Gasteiger partial charge in [0.15, 0.2) is 0 Å². The van der Waals surface area contributed by atoms with Gasteiger partial charge in [-0.3, -0.25) is 4.90 Å². The van der Waals surface area contributed by atoms with Crippen LogP contribution < -0.4 is 10.2 Å². The summed E-state index contributed by atoms with van der Waals surface area (Å²) in [5.41, 5.74) is 6.21. The van der Waals surface area contributed by atoms with Crippen LogP contribution in [0.25, 0.3) is 17.0 Å². The van der Waals surface area contributed by atoms with Crippen LogP contribution in [0.4, 0.5) is 14.9 Å². The molecular weight excluding hydrogens is 455 g/mol. The summed E-state index contributed by atoms with van der Waals surface area (Å²) in [4.78, 5) is 19.5. The van der Waals surface area contributed by atoms with Crippen LogP contribution in [0.1, 0.15) is 48.0 Å². The van der Waals surface area contributed by atoms with E-state index >= 15 is 0 Å². The lowest BCUT2D eigenvalue weighted by atomic mass is 9.94. The highest BCUT2D eigenvalue weighted by Gasteiger charge is 2.36. The largest absolute Gasteiger partial charge is 0.334 e. The number of hydrogen-bond acceptors (Lipinski definition) is 4. The number of hydrogen-bond donors (Lipinski definition) is 1. The Morgan fingerprint density at radius 1 is 1.00 bits per heavy atom. The van der Waals surface area contributed by atoms with E-state index in [4.69, 9.17) is 9.51 Å². The van der Waals surface area contributed by atoms with E-state index in [9.17, 15) is 9.18 Å². The molecule has 0 radical (unpaired) electrons. The van der Waals surface area contributed by atoms with Crippen molar-refractivity contribution in [2.24, 2.45) is 0 Å². The molecule has 0 fully saturated rings. The molecule has 0 saturated heterocycles. The molecule has 1 unspecified atom stereocenters. The SMILES string of the molecule is CCc1ccc(-c2noc(C3=C(C)N(c4ccc(C)c(F)c4)C(=O)NC3c3ccc(C)cc3)n2)cc1. The van der Waals surface area contributed by atoms with Gasteiger partial charge in [-0.1, -0.05) is 72.2 Å². The van der Waals surface area contributed by atoms with Crippen molar-refractivity contribution in [3.8, 4) is 11.4 Å². The summed E-state index contributed by atoms with van der Waals surface area (Å²) in [6.07, 6.45) is 0.942. The van der Waals surface area contributed by atoms with Gasteiger partial charge in [0.1, 0.15) is 5.82 Å². The molecule has 0 saturated carbocycles. The first-order valence-electron chi connectivity index (χ1n) is 11.9. The highest BCUT2D eigenvalue weighted by molar-refractivity contribution is 6.01. The molecule has 0 spiro atoms. The molecule has 2 heterocycles. The van der Waals surface area contributed by atoms with Crippen LogP contribution in [0.3, 0.4) is 0 Å². The number of carbonyl (C=O) groups excluding carboxylic acids is 1. The summed E-state index contributed by atoms with van der Waals surface area (Å²) >= 11 is 0. The standard InChI is InChI=1S/C29H27FN4O2/c1-5-20-9-13-22(14-10-20)27-32-28(36-33-27)25-19(4)34(23-15-8-18(3)24(30)16-23)29(35)31-26(25)21-11-6-17(2)7-12-21/h6-16,26H,5H2,1-4H3,(H,31,35). The monoisotopic (exact) mass is 482 g/mol. The summed E-state index contributed by atoms with van der Waals surface area (Å²) in [7, 11) is 0. The maximum Gasteiger partial charge on any atom is 0.327 e. The van der Waals surface area contributed by atoms with Crippen LogP contribution in [-0.2, 0) is 6.42 Å². The molecular formula is C29H27FN4O2. The van der Waals surface area contributed by atoms with E-state index in [0.717, 1.165) is 23.1 Å². The second-order valence-electron chi connectivity index (χ2n) is 9.03. The molecule has 36 heavy (non-hydrogen) atoms. The number of amides is 2. The maximum absolute atomic E-state index is 14.4. The summed E-state index contributed by atoms with van der Waals surface area (Å²) < 4.78 is 20.2. The minimum Gasteiger partial charge on any atom is -0.334 e. The molecule has 1 aliphatic rings. The zero-order chi connectivity index (χ0) is 25.4. The number of urea groups is 1. The van der Waals surface area contributed by atoms with Gasteiger partial charge in [0.25, 0.3) is 5.89 Å². The third-order valence-electron chi connectivity index (χ3n) is 6.59. The minimum atomic E-state index is -0.514. The Hall–Kier alpha value is -4.26. The second-order valence-corrected chi connectivity index (χ2v) is 9.03. The van der Waals surface area contributed by atoms with E-state index in [1.807, 2.05) is 62.4 Å². The molecule has 6 nitrogen and oxygen atoms in total. The molecule has 5 rings (SSSR count). The van der Waals surface area contributed by atoms with Gasteiger partial charge in [-0.2, -0.15) is 4.98 Å². The van der Waals surface area contributed by atoms with Gasteiger partial charge < -0.3 is 9.84 Å². The zero-order valence-electron chi connectivity index (χ0n) is 20.7. The Morgan fingerprint density at radius 3 is 2.39 bits per heavy atom. The Bertz CT molecular complexity index is 1460. The molecule has 7 heteroatoms. The van der Waals surface area contributed by atoms with Crippen LogP contribution >= 0.6 is 0 Å². The quantitative estimate of drug-likeness (QED) is 0.341. The Balaban J connectivity index is 1.64. The van der Waals surface area contributed by atoms with Gasteiger partial charge in [0.05, 0.1) is 17.3 Å². The average molecular weight is 483 g/mol. The van der Waals surface area contributed by atoms with Crippen molar-refractivity contribution in [1.82, 2.24) is 15.5 Å². The number of aromatic nitrogens is 2. The molecule has 182 valence electrons. The molecule has 4 aromatic rings. The van der Waals surface area contributed by atoms with Crippen molar-refractivity contribution in [2.45, 2.75) is 40.2 Å². The van der Waals surface area contributed by atoms with Crippen molar-refractivity contribution in [3.05, 3.63) is 106 Å². The van der Waals surface area contributed by atoms with Crippen molar-refractivity contribution < 1.29 is 13.7 Å². The predicted octanol–water partition coefficient (Wildman–Crippen LogP) is 6.76. The molecule has 0 aliphatic carbocycles. The lowest BCUT2D eigenvalue weighted by Gasteiger charge is -2.35. The molecule has 2 amide bonds. The lowest BCUT2D eigenvalue weighted by molar-refractivity contribution is 0.244. The van der Waals surface area contributed by atoms with E-state index in [1.54, 1.807) is 19.1 Å². The van der Waals surface area contributed by atoms with Gasteiger partial charge in [0.2, 0.25) is 5.82 Å². The van der Waals surface area contributed by atoms with E-state index in [2.05, 4.69) is 17.4 Å². The second kappa shape index (κ2) is 9.41. The van der Waals surface area contributed by atoms with Crippen LogP contribution in [0, 0.1) is 19.7 Å². The van der Waals surface area contributed by atoms with E-state index in [0.29, 0.717) is 34.2 Å². The molecule has 1 N–H and O–H groups in total. The first kappa shape index (κ1) is 23.5. The average Bonchev–Trinajstić information content (AvgIpc) is 3.36. The Labute approximate surface area is 209 Å². The molecule has 1 atom stereocenters. The van der Waals surface area contributed by atoms with Gasteiger partial charge in [-0.15, -0.1) is 0 Å². The summed E-state index contributed by atoms with van der Waals surface area (Å²) in [6, 6.07) is 19.8. The number of aryl methyl sites for hydroxylation is 3. The van der Waals surface area contributed by atoms with E-state index in [-0.39, 0.29) is 11.8 Å². The first-order valence-corrected chi connectivity index (χ1v) is 11.9. The number of halogens is 1. The van der Waals surface area contributed by atoms with Crippen LogP contribution in [0.2, 0.25) is 0 Å². The zero-order valence-corrected chi connectivity index (χ0v) is 20.7. The number of carbonyl (C=O) groups is 1. The Kier molecular flexibility index (Phi) is 6.14. The first-order chi connectivity index (χ1) is 17.4. The highest BCUT2D eigenvalue weighted by Crippen LogP contribution is 2.39. The highest BCUT2D eigenvalue weighted by atomic mass is 19.1. The van der Waals surface area contributed by atoms with Crippen LogP contribution in [-0.4, -0.2) is 16.2 Å². The number of allylic oxidation sites excluding steroid dienone is 1. The number of nitrogens with zero attached hydrogens (tertiary/aromatic N) is 3. The number of benzene rings is 3. The lowest BCUT2D eigenvalue weighted by Crippen LogP contribution is -2.46. The van der Waals surface area contributed by atoms with Crippen LogP contribution in [0.15, 0.2) is 77.0 Å². The van der Waals surface area contributed by atoms with E-state index in [1.165, 1.54) is 16.5 Å². The fourth-order valence-electron chi connectivity index (χ4n) is 4.40. The summed E-state index contributed by atoms with van der Waals surface area (Å²) in [5.74, 6) is 0.372. The molecule has 1 aliphatic heterocycles. The summed E-state index contributed by atoms with van der Waals surface area (Å²) in [6.45, 7) is 7.61.